The highest BCUT2D eigenvalue weighted by Gasteiger charge is 2.24. The highest BCUT2D eigenvalue weighted by atomic mass is 15.0. The summed E-state index contributed by atoms with van der Waals surface area (Å²) in [6.07, 6.45) is 0. The minimum absolute atomic E-state index is 0.647. The first-order chi connectivity index (χ1) is 61.5. The van der Waals surface area contributed by atoms with Crippen molar-refractivity contribution >= 4 is 142 Å². The van der Waals surface area contributed by atoms with Gasteiger partial charge in [0.2, 0.25) is 0 Å². The normalized spacial score (nSPS) is 12.0. The molecular formula is C116H72N8. The van der Waals surface area contributed by atoms with Crippen LogP contribution in [0, 0.1) is 0 Å². The predicted molar refractivity (Wildman–Crippen MR) is 518 cm³/mol. The number of para-hydroxylation sites is 9. The van der Waals surface area contributed by atoms with Gasteiger partial charge in [-0.3, -0.25) is 0 Å². The van der Waals surface area contributed by atoms with Crippen molar-refractivity contribution < 1.29 is 0 Å². The SMILES string of the molecule is c1ccc(-n2c3ccccc3c3cc(-c4ccc5c(c4)c4cc(-c6ccc7c(c6)c6ccccc6n7-c6ccccc6)ccc4n5-c4ccc(-c5nc(-c6cccc(-n7c8ccc(-c9ccc%10c(c9)c9ccccc9n%10-c9ccccc9)cc8c8cc(-c9ccc%10c(c9)c9ccccc9n%10-c9ccccc9)ccc87)c6)nc6ccccc56)cc4)ccc32)cc1. The molecule has 0 saturated carbocycles. The van der Waals surface area contributed by atoms with Crippen LogP contribution in [0.25, 0.3) is 243 Å². The van der Waals surface area contributed by atoms with Crippen molar-refractivity contribution in [3.63, 3.8) is 0 Å². The van der Waals surface area contributed by atoms with Gasteiger partial charge in [-0.2, -0.15) is 0 Å². The number of rotatable bonds is 12. The number of aromatic nitrogens is 8. The van der Waals surface area contributed by atoms with E-state index in [2.05, 4.69) is 464 Å². The molecule has 19 aromatic carbocycles. The summed E-state index contributed by atoms with van der Waals surface area (Å²) in [6, 6.07) is 160. The highest BCUT2D eigenvalue weighted by Crippen LogP contribution is 2.46. The maximum absolute atomic E-state index is 5.64. The van der Waals surface area contributed by atoms with Crippen LogP contribution in [-0.4, -0.2) is 37.4 Å². The third kappa shape index (κ3) is 10.8. The number of hydrogen-bond donors (Lipinski definition) is 0. The standard InChI is InChI=1S/C116H72N8/c1-5-25-83(26-6-1)119-103-40-19-14-34-89(103)94-65-74(46-56-107(94)119)78-50-60-111-98(69-78)99-70-79(75-47-57-108-95(66-75)90-35-15-20-41-104(90)120(108)84-27-7-2-8-28-84)51-61-112(99)123(111)87-54-44-73(45-55-87)115-93-38-13-18-39-102(93)117-116(118-115)82-24-23-33-88(64-82)124-113-62-52-80(76-48-58-109-96(67-76)91-36-16-21-42-105(91)121(109)85-29-9-3-10-30-85)71-100(113)101-72-81(53-63-114(101)124)77-49-59-110-97(68-77)92-37-17-22-43-106(92)122(110)86-31-11-4-12-32-86/h1-72H. The Hall–Kier alpha value is -16.7. The van der Waals surface area contributed by atoms with Crippen LogP contribution in [-0.2, 0) is 0 Å². The maximum atomic E-state index is 5.64. The Labute approximate surface area is 712 Å². The smallest absolute Gasteiger partial charge is 0.160 e. The molecule has 7 heterocycles. The molecule has 0 unspecified atom stereocenters. The van der Waals surface area contributed by atoms with E-state index in [9.17, 15) is 0 Å². The van der Waals surface area contributed by atoms with Crippen molar-refractivity contribution in [1.29, 1.82) is 0 Å². The Balaban J connectivity index is 0.599. The van der Waals surface area contributed by atoms with Crippen LogP contribution in [0.5, 0.6) is 0 Å². The topological polar surface area (TPSA) is 55.4 Å². The lowest BCUT2D eigenvalue weighted by Crippen LogP contribution is -1.98. The van der Waals surface area contributed by atoms with E-state index in [0.29, 0.717) is 5.82 Å². The first-order valence-electron chi connectivity index (χ1n) is 42.5. The molecule has 0 saturated heterocycles. The predicted octanol–water partition coefficient (Wildman–Crippen LogP) is 30.2. The molecule has 26 rings (SSSR count). The summed E-state index contributed by atoms with van der Waals surface area (Å²) < 4.78 is 14.4. The molecule has 7 aromatic heterocycles. The lowest BCUT2D eigenvalue weighted by molar-refractivity contribution is 1.17. The molecule has 0 fully saturated rings. The van der Waals surface area contributed by atoms with Crippen LogP contribution in [0.1, 0.15) is 0 Å². The van der Waals surface area contributed by atoms with Crippen LogP contribution in [0.15, 0.2) is 437 Å². The van der Waals surface area contributed by atoms with Crippen molar-refractivity contribution in [2.24, 2.45) is 0 Å². The summed E-state index contributed by atoms with van der Waals surface area (Å²) >= 11 is 0. The van der Waals surface area contributed by atoms with E-state index in [1.54, 1.807) is 0 Å². The molecule has 576 valence electrons. The largest absolute Gasteiger partial charge is 0.309 e. The van der Waals surface area contributed by atoms with E-state index in [0.717, 1.165) is 139 Å². The minimum Gasteiger partial charge on any atom is -0.309 e. The van der Waals surface area contributed by atoms with Crippen molar-refractivity contribution in [2.45, 2.75) is 0 Å². The number of fused-ring (bicyclic) bond motifs is 19. The molecule has 0 aliphatic rings. The Kier molecular flexibility index (Phi) is 15.3. The minimum atomic E-state index is 0.647. The summed E-state index contributed by atoms with van der Waals surface area (Å²) in [6.45, 7) is 0. The second kappa shape index (κ2) is 27.4. The van der Waals surface area contributed by atoms with Gasteiger partial charge >= 0.3 is 0 Å². The van der Waals surface area contributed by atoms with E-state index < -0.39 is 0 Å². The van der Waals surface area contributed by atoms with E-state index in [-0.39, 0.29) is 0 Å². The summed E-state index contributed by atoms with van der Waals surface area (Å²) in [7, 11) is 0. The second-order valence-electron chi connectivity index (χ2n) is 32.8. The van der Waals surface area contributed by atoms with Crippen molar-refractivity contribution in [1.82, 2.24) is 37.4 Å². The van der Waals surface area contributed by atoms with Gasteiger partial charge in [-0.25, -0.2) is 9.97 Å². The average Bonchev–Trinajstić information content (AvgIpc) is 1.58. The number of nitrogens with zero attached hydrogens (tertiary/aromatic N) is 8. The van der Waals surface area contributed by atoms with E-state index in [1.165, 1.54) is 98.0 Å². The third-order valence-corrected chi connectivity index (χ3v) is 26.0. The van der Waals surface area contributed by atoms with Crippen molar-refractivity contribution in [2.75, 3.05) is 0 Å². The van der Waals surface area contributed by atoms with Gasteiger partial charge in [-0.1, -0.05) is 237 Å². The van der Waals surface area contributed by atoms with Gasteiger partial charge in [0.25, 0.3) is 0 Å². The molecular weight excluding hydrogens is 1510 g/mol. The molecule has 0 atom stereocenters. The van der Waals surface area contributed by atoms with Crippen LogP contribution in [0.2, 0.25) is 0 Å². The van der Waals surface area contributed by atoms with Gasteiger partial charge in [0, 0.05) is 115 Å². The molecule has 0 N–H and O–H groups in total. The first kappa shape index (κ1) is 69.3. The lowest BCUT2D eigenvalue weighted by atomic mass is 9.98. The fourth-order valence-electron chi connectivity index (χ4n) is 20.3. The third-order valence-electron chi connectivity index (χ3n) is 26.0. The molecule has 0 radical (unpaired) electrons. The molecule has 26 aromatic rings. The van der Waals surface area contributed by atoms with E-state index in [4.69, 9.17) is 9.97 Å². The molecule has 8 nitrogen and oxygen atoms in total. The molecule has 0 aliphatic carbocycles. The molecule has 124 heavy (non-hydrogen) atoms. The Morgan fingerprint density at radius 3 is 0.661 bits per heavy atom. The van der Waals surface area contributed by atoms with Crippen LogP contribution in [0.4, 0.5) is 0 Å². The summed E-state index contributed by atoms with van der Waals surface area (Å²) in [5, 5.41) is 15.4. The first-order valence-corrected chi connectivity index (χ1v) is 42.5. The van der Waals surface area contributed by atoms with E-state index in [1.807, 2.05) is 0 Å². The summed E-state index contributed by atoms with van der Waals surface area (Å²) in [5.74, 6) is 0.647. The van der Waals surface area contributed by atoms with Crippen LogP contribution < -0.4 is 0 Å². The Bertz CT molecular complexity index is 8480. The highest BCUT2D eigenvalue weighted by molar-refractivity contribution is 6.18. The van der Waals surface area contributed by atoms with Gasteiger partial charge in [-0.05, 0) is 245 Å². The van der Waals surface area contributed by atoms with E-state index >= 15 is 0 Å². The summed E-state index contributed by atoms with van der Waals surface area (Å²) in [4.78, 5) is 11.1. The average molecular weight is 1580 g/mol. The lowest BCUT2D eigenvalue weighted by Gasteiger charge is -2.13. The second-order valence-corrected chi connectivity index (χ2v) is 32.8. The van der Waals surface area contributed by atoms with Gasteiger partial charge in [-0.15, -0.1) is 0 Å². The van der Waals surface area contributed by atoms with Crippen molar-refractivity contribution in [3.8, 4) is 101 Å². The van der Waals surface area contributed by atoms with Crippen LogP contribution in [0.3, 0.4) is 0 Å². The van der Waals surface area contributed by atoms with Crippen LogP contribution >= 0.6 is 0 Å². The van der Waals surface area contributed by atoms with Gasteiger partial charge in [0.1, 0.15) is 0 Å². The summed E-state index contributed by atoms with van der Waals surface area (Å²) in [5.41, 5.74) is 33.4. The zero-order chi connectivity index (χ0) is 81.2. The van der Waals surface area contributed by atoms with Gasteiger partial charge in [0.15, 0.2) is 5.82 Å². The zero-order valence-electron chi connectivity index (χ0n) is 67.1. The zero-order valence-corrected chi connectivity index (χ0v) is 67.1. The fourth-order valence-corrected chi connectivity index (χ4v) is 20.3. The van der Waals surface area contributed by atoms with Gasteiger partial charge in [0.05, 0.1) is 77.4 Å². The molecule has 0 spiro atoms. The monoisotopic (exact) mass is 1580 g/mol. The molecule has 0 amide bonds. The molecule has 0 aliphatic heterocycles. The van der Waals surface area contributed by atoms with Crippen molar-refractivity contribution in [3.05, 3.63) is 437 Å². The Morgan fingerprint density at radius 1 is 0.129 bits per heavy atom. The molecule has 8 heteroatoms. The maximum Gasteiger partial charge on any atom is 0.160 e. The van der Waals surface area contributed by atoms with Gasteiger partial charge < -0.3 is 27.4 Å². The number of benzene rings is 19. The number of hydrogen-bond acceptors (Lipinski definition) is 2. The molecule has 0 bridgehead atoms. The fraction of sp³-hybridized carbons (Fsp3) is 0. The quantitative estimate of drug-likeness (QED) is 0.122. The Morgan fingerprint density at radius 2 is 0.355 bits per heavy atom.